The van der Waals surface area contributed by atoms with Crippen molar-refractivity contribution in [1.29, 1.82) is 0 Å². The van der Waals surface area contributed by atoms with Gasteiger partial charge in [0.05, 0.1) is 6.42 Å². The lowest BCUT2D eigenvalue weighted by molar-refractivity contribution is -0.138. The van der Waals surface area contributed by atoms with Crippen molar-refractivity contribution in [1.82, 2.24) is 9.88 Å². The van der Waals surface area contributed by atoms with Gasteiger partial charge in [0.25, 0.3) is 0 Å². The Labute approximate surface area is 147 Å². The molecule has 0 spiro atoms. The van der Waals surface area contributed by atoms with Crippen molar-refractivity contribution in [2.75, 3.05) is 6.54 Å². The monoisotopic (exact) mass is 338 g/mol. The average molecular weight is 338 g/mol. The second kappa shape index (κ2) is 7.92. The lowest BCUT2D eigenvalue weighted by Gasteiger charge is -2.24. The molecule has 1 atom stereocenters. The maximum absolute atomic E-state index is 12.8. The second-order valence-electron chi connectivity index (χ2n) is 6.46. The largest absolute Gasteiger partial charge is 0.481 e. The molecule has 0 radical (unpaired) electrons. The summed E-state index contributed by atoms with van der Waals surface area (Å²) in [7, 11) is 0. The number of aryl methyl sites for hydroxylation is 1. The van der Waals surface area contributed by atoms with Crippen molar-refractivity contribution in [3.63, 3.8) is 0 Å². The van der Waals surface area contributed by atoms with E-state index in [0.29, 0.717) is 13.0 Å². The van der Waals surface area contributed by atoms with Crippen LogP contribution in [0, 0.1) is 0 Å². The van der Waals surface area contributed by atoms with Crippen molar-refractivity contribution >= 4 is 11.9 Å². The Hall–Kier alpha value is -2.69. The highest BCUT2D eigenvalue weighted by Gasteiger charge is 2.26. The molecule has 1 aliphatic rings. The van der Waals surface area contributed by atoms with E-state index in [9.17, 15) is 9.59 Å². The van der Waals surface area contributed by atoms with E-state index in [2.05, 4.69) is 17.1 Å². The third-order valence-electron chi connectivity index (χ3n) is 4.72. The molecule has 0 aliphatic heterocycles. The number of hydrogen-bond acceptors (Lipinski definition) is 3. The topological polar surface area (TPSA) is 70.5 Å². The summed E-state index contributed by atoms with van der Waals surface area (Å²) in [6.45, 7) is 0.617. The van der Waals surface area contributed by atoms with Gasteiger partial charge in [0.1, 0.15) is 0 Å². The Morgan fingerprint density at radius 1 is 1.20 bits per heavy atom. The zero-order valence-corrected chi connectivity index (χ0v) is 14.1. The second-order valence-corrected chi connectivity index (χ2v) is 6.46. The summed E-state index contributed by atoms with van der Waals surface area (Å²) in [5, 5.41) is 8.97. The molecule has 5 heteroatoms. The van der Waals surface area contributed by atoms with Crippen molar-refractivity contribution in [3.8, 4) is 0 Å². The number of rotatable bonds is 7. The molecule has 0 saturated heterocycles. The van der Waals surface area contributed by atoms with Crippen LogP contribution in [0.5, 0.6) is 0 Å². The molecule has 130 valence electrons. The number of carbonyl (C=O) groups excluding carboxylic acids is 1. The van der Waals surface area contributed by atoms with Crippen LogP contribution in [-0.2, 0) is 22.6 Å². The first-order valence-electron chi connectivity index (χ1n) is 8.60. The van der Waals surface area contributed by atoms with Gasteiger partial charge in [-0.15, -0.1) is 0 Å². The Kier molecular flexibility index (Phi) is 5.43. The van der Waals surface area contributed by atoms with E-state index in [0.717, 1.165) is 18.4 Å². The Morgan fingerprint density at radius 2 is 2.04 bits per heavy atom. The minimum atomic E-state index is -0.893. The third kappa shape index (κ3) is 4.44. The lowest BCUT2D eigenvalue weighted by Crippen LogP contribution is -2.33. The standard InChI is InChI=1S/C20H22N2O3/c23-19(12-17-8-7-16-5-1-2-6-18(16)17)22(11-9-20(24)25)14-15-4-3-10-21-13-15/h1-6,10,13,17H,7-9,11-12,14H2,(H,24,25)/t17-/m0/s1. The Morgan fingerprint density at radius 3 is 2.80 bits per heavy atom. The Balaban J connectivity index is 1.69. The van der Waals surface area contributed by atoms with Crippen LogP contribution >= 0.6 is 0 Å². The summed E-state index contributed by atoms with van der Waals surface area (Å²) in [5.41, 5.74) is 3.49. The van der Waals surface area contributed by atoms with Gasteiger partial charge in [0.15, 0.2) is 0 Å². The highest BCUT2D eigenvalue weighted by molar-refractivity contribution is 5.78. The van der Waals surface area contributed by atoms with Gasteiger partial charge in [0.2, 0.25) is 5.91 Å². The summed E-state index contributed by atoms with van der Waals surface area (Å²) in [6, 6.07) is 12.0. The van der Waals surface area contributed by atoms with E-state index in [1.807, 2.05) is 24.3 Å². The molecule has 0 saturated carbocycles. The van der Waals surface area contributed by atoms with E-state index in [1.54, 1.807) is 17.3 Å². The van der Waals surface area contributed by atoms with Crippen molar-refractivity contribution in [3.05, 3.63) is 65.5 Å². The first-order valence-corrected chi connectivity index (χ1v) is 8.60. The molecule has 1 aromatic heterocycles. The predicted molar refractivity (Wildman–Crippen MR) is 94.0 cm³/mol. The highest BCUT2D eigenvalue weighted by atomic mass is 16.4. The zero-order valence-electron chi connectivity index (χ0n) is 14.1. The number of aromatic nitrogens is 1. The fraction of sp³-hybridized carbons (Fsp3) is 0.350. The molecular weight excluding hydrogens is 316 g/mol. The molecule has 5 nitrogen and oxygen atoms in total. The molecular formula is C20H22N2O3. The van der Waals surface area contributed by atoms with E-state index >= 15 is 0 Å². The van der Waals surface area contributed by atoms with Crippen LogP contribution < -0.4 is 0 Å². The van der Waals surface area contributed by atoms with Gasteiger partial charge in [-0.05, 0) is 41.5 Å². The summed E-state index contributed by atoms with van der Waals surface area (Å²) in [5.74, 6) is -0.660. The van der Waals surface area contributed by atoms with E-state index in [1.165, 1.54) is 11.1 Å². The number of carbonyl (C=O) groups is 2. The SMILES string of the molecule is O=C(O)CCN(Cc1cccnc1)C(=O)C[C@@H]1CCc2ccccc21. The van der Waals surface area contributed by atoms with Gasteiger partial charge in [0, 0.05) is 31.9 Å². The van der Waals surface area contributed by atoms with Gasteiger partial charge < -0.3 is 10.0 Å². The normalized spacial score (nSPS) is 15.6. The van der Waals surface area contributed by atoms with Crippen LogP contribution in [0.1, 0.15) is 41.9 Å². The van der Waals surface area contributed by atoms with Crippen LogP contribution in [0.4, 0.5) is 0 Å². The van der Waals surface area contributed by atoms with Crippen LogP contribution in [0.2, 0.25) is 0 Å². The highest BCUT2D eigenvalue weighted by Crippen LogP contribution is 2.35. The first-order chi connectivity index (χ1) is 12.1. The molecule has 0 fully saturated rings. The molecule has 1 amide bonds. The number of hydrogen-bond donors (Lipinski definition) is 1. The number of pyridine rings is 1. The average Bonchev–Trinajstić information content (AvgIpc) is 3.02. The summed E-state index contributed by atoms with van der Waals surface area (Å²) in [4.78, 5) is 29.5. The number of benzene rings is 1. The first kappa shape index (κ1) is 17.1. The van der Waals surface area contributed by atoms with Gasteiger partial charge in [-0.1, -0.05) is 30.3 Å². The van der Waals surface area contributed by atoms with Gasteiger partial charge in [-0.3, -0.25) is 14.6 Å². The smallest absolute Gasteiger partial charge is 0.305 e. The zero-order chi connectivity index (χ0) is 17.6. The van der Waals surface area contributed by atoms with Crippen molar-refractivity contribution in [2.24, 2.45) is 0 Å². The fourth-order valence-electron chi connectivity index (χ4n) is 3.43. The summed E-state index contributed by atoms with van der Waals surface area (Å²) in [6.07, 6.45) is 5.76. The molecule has 1 N–H and O–H groups in total. The van der Waals surface area contributed by atoms with Gasteiger partial charge in [-0.2, -0.15) is 0 Å². The number of aliphatic carboxylic acids is 1. The maximum atomic E-state index is 12.8. The minimum absolute atomic E-state index is 0.00630. The number of carboxylic acid groups (broad SMARTS) is 1. The summed E-state index contributed by atoms with van der Waals surface area (Å²) < 4.78 is 0. The minimum Gasteiger partial charge on any atom is -0.481 e. The number of nitrogens with zero attached hydrogens (tertiary/aromatic N) is 2. The number of fused-ring (bicyclic) bond motifs is 1. The molecule has 1 aromatic carbocycles. The van der Waals surface area contributed by atoms with Crippen molar-refractivity contribution in [2.45, 2.75) is 38.1 Å². The summed E-state index contributed by atoms with van der Waals surface area (Å²) >= 11 is 0. The Bertz CT molecular complexity index is 746. The molecule has 3 rings (SSSR count). The van der Waals surface area contributed by atoms with Crippen molar-refractivity contribution < 1.29 is 14.7 Å². The van der Waals surface area contributed by atoms with Crippen LogP contribution in [-0.4, -0.2) is 33.4 Å². The van der Waals surface area contributed by atoms with E-state index in [-0.39, 0.29) is 24.8 Å². The van der Waals surface area contributed by atoms with Gasteiger partial charge in [-0.25, -0.2) is 0 Å². The van der Waals surface area contributed by atoms with E-state index in [4.69, 9.17) is 5.11 Å². The molecule has 2 aromatic rings. The quantitative estimate of drug-likeness (QED) is 0.842. The van der Waals surface area contributed by atoms with Gasteiger partial charge >= 0.3 is 5.97 Å². The lowest BCUT2D eigenvalue weighted by atomic mass is 9.97. The predicted octanol–water partition coefficient (Wildman–Crippen LogP) is 3.01. The van der Waals surface area contributed by atoms with Crippen LogP contribution in [0.25, 0.3) is 0 Å². The molecule has 1 aliphatic carbocycles. The van der Waals surface area contributed by atoms with Crippen LogP contribution in [0.3, 0.4) is 0 Å². The van der Waals surface area contributed by atoms with Crippen LogP contribution in [0.15, 0.2) is 48.8 Å². The maximum Gasteiger partial charge on any atom is 0.305 e. The third-order valence-corrected chi connectivity index (χ3v) is 4.72. The van der Waals surface area contributed by atoms with E-state index < -0.39 is 5.97 Å². The number of carboxylic acids is 1. The molecule has 25 heavy (non-hydrogen) atoms. The molecule has 0 unspecified atom stereocenters. The number of amides is 1. The molecule has 1 heterocycles. The molecule has 0 bridgehead atoms. The fourth-order valence-corrected chi connectivity index (χ4v) is 3.43.